The van der Waals surface area contributed by atoms with Gasteiger partial charge in [-0.15, -0.1) is 0 Å². The second kappa shape index (κ2) is 10.1. The number of hydrogen-bond acceptors (Lipinski definition) is 5. The number of aromatic nitrogens is 4. The fourth-order valence-electron chi connectivity index (χ4n) is 5.05. The molecule has 40 heavy (non-hydrogen) atoms. The zero-order chi connectivity index (χ0) is 27.8. The van der Waals surface area contributed by atoms with E-state index >= 15 is 0 Å². The van der Waals surface area contributed by atoms with Gasteiger partial charge in [-0.1, -0.05) is 6.07 Å². The van der Waals surface area contributed by atoms with Crippen molar-refractivity contribution in [1.82, 2.24) is 18.9 Å². The van der Waals surface area contributed by atoms with Crippen LogP contribution in [0.25, 0.3) is 27.7 Å². The van der Waals surface area contributed by atoms with E-state index in [1.807, 2.05) is 53.2 Å². The molecule has 9 heteroatoms. The first-order chi connectivity index (χ1) is 19.5. The van der Waals surface area contributed by atoms with Crippen LogP contribution in [-0.4, -0.2) is 33.2 Å². The molecule has 0 atom stereocenters. The predicted molar refractivity (Wildman–Crippen MR) is 149 cm³/mol. The summed E-state index contributed by atoms with van der Waals surface area (Å²) in [7, 11) is 3.16. The summed E-state index contributed by atoms with van der Waals surface area (Å²) in [6, 6.07) is 17.6. The van der Waals surface area contributed by atoms with E-state index in [-0.39, 0.29) is 17.7 Å². The molecular formula is C31H24FN5O3. The van der Waals surface area contributed by atoms with Gasteiger partial charge >= 0.3 is 0 Å². The first kappa shape index (κ1) is 24.9. The minimum atomic E-state index is -0.566. The molecule has 6 rings (SSSR count). The molecule has 1 N–H and O–H groups in total. The molecule has 0 unspecified atom stereocenters. The quantitative estimate of drug-likeness (QED) is 0.300. The molecule has 6 aromatic rings. The second-order valence-electron chi connectivity index (χ2n) is 9.42. The van der Waals surface area contributed by atoms with Gasteiger partial charge in [0.1, 0.15) is 34.5 Å². The van der Waals surface area contributed by atoms with Crippen molar-refractivity contribution in [3.63, 3.8) is 0 Å². The normalized spacial score (nSPS) is 11.2. The van der Waals surface area contributed by atoms with Crippen molar-refractivity contribution in [3.05, 3.63) is 118 Å². The number of nitrogens with zero attached hydrogens (tertiary/aromatic N) is 4. The van der Waals surface area contributed by atoms with Crippen LogP contribution in [0.2, 0.25) is 0 Å². The number of aromatic amines is 1. The minimum absolute atomic E-state index is 0.0236. The second-order valence-corrected chi connectivity index (χ2v) is 9.42. The molecule has 0 saturated heterocycles. The van der Waals surface area contributed by atoms with Gasteiger partial charge in [-0.3, -0.25) is 4.79 Å². The van der Waals surface area contributed by atoms with Crippen molar-refractivity contribution in [3.8, 4) is 28.7 Å². The van der Waals surface area contributed by atoms with Crippen LogP contribution in [0.4, 0.5) is 4.39 Å². The van der Waals surface area contributed by atoms with Crippen molar-refractivity contribution in [2.45, 2.75) is 13.0 Å². The maximum Gasteiger partial charge on any atom is 0.275 e. The highest BCUT2D eigenvalue weighted by molar-refractivity contribution is 5.94. The van der Waals surface area contributed by atoms with Crippen LogP contribution in [0.3, 0.4) is 0 Å². The fourth-order valence-corrected chi connectivity index (χ4v) is 5.05. The average molecular weight is 534 g/mol. The van der Waals surface area contributed by atoms with Gasteiger partial charge in [-0.2, -0.15) is 5.26 Å². The third kappa shape index (κ3) is 4.35. The molecule has 0 fully saturated rings. The van der Waals surface area contributed by atoms with E-state index in [4.69, 9.17) is 9.47 Å². The lowest BCUT2D eigenvalue weighted by Crippen LogP contribution is -2.24. The standard InChI is InChI=1S/C31H24FN5O3/c1-39-24-7-6-20(29(13-24)40-2)16-36-18-23(11-19-5-8-27(32)21(10-19)14-33)37-17-22(12-28(37)31(36)38)26-15-35-30-25(26)4-3-9-34-30/h3-10,12-13,15,17-18H,11,16H2,1-2H3,(H,34,35). The van der Waals surface area contributed by atoms with Gasteiger partial charge in [0, 0.05) is 65.0 Å². The Bertz CT molecular complexity index is 2000. The number of halogens is 1. The Balaban J connectivity index is 1.52. The first-order valence-electron chi connectivity index (χ1n) is 12.6. The van der Waals surface area contributed by atoms with Gasteiger partial charge in [0.15, 0.2) is 0 Å². The molecule has 198 valence electrons. The Morgan fingerprint density at radius 3 is 2.75 bits per heavy atom. The molecule has 0 spiro atoms. The number of ether oxygens (including phenoxy) is 2. The molecule has 0 aliphatic rings. The number of nitrogens with one attached hydrogen (secondary N) is 1. The van der Waals surface area contributed by atoms with Crippen LogP contribution in [0.5, 0.6) is 11.5 Å². The molecule has 8 nitrogen and oxygen atoms in total. The van der Waals surface area contributed by atoms with Gasteiger partial charge in [0.25, 0.3) is 5.56 Å². The van der Waals surface area contributed by atoms with Crippen molar-refractivity contribution in [1.29, 1.82) is 5.26 Å². The maximum absolute atomic E-state index is 14.0. The highest BCUT2D eigenvalue weighted by Gasteiger charge is 2.17. The third-order valence-corrected chi connectivity index (χ3v) is 7.05. The molecule has 4 heterocycles. The summed E-state index contributed by atoms with van der Waals surface area (Å²) in [4.78, 5) is 21.4. The van der Waals surface area contributed by atoms with Crippen LogP contribution in [0.1, 0.15) is 22.4 Å². The smallest absolute Gasteiger partial charge is 0.275 e. The Labute approximate surface area is 228 Å². The predicted octanol–water partition coefficient (Wildman–Crippen LogP) is 5.31. The molecule has 2 aromatic carbocycles. The molecule has 0 amide bonds. The monoisotopic (exact) mass is 533 g/mol. The Morgan fingerprint density at radius 1 is 1.07 bits per heavy atom. The van der Waals surface area contributed by atoms with Gasteiger partial charge in [0.2, 0.25) is 0 Å². The Kier molecular flexibility index (Phi) is 6.28. The number of nitriles is 1. The third-order valence-electron chi connectivity index (χ3n) is 7.05. The SMILES string of the molecule is COc1ccc(Cn2cc(Cc3ccc(F)c(C#N)c3)n3cc(-c4c[nH]c5ncccc45)cc3c2=O)c(OC)c1. The number of fused-ring (bicyclic) bond motifs is 2. The van der Waals surface area contributed by atoms with Crippen LogP contribution < -0.4 is 15.0 Å². The summed E-state index contributed by atoms with van der Waals surface area (Å²) in [5.74, 6) is 0.689. The average Bonchev–Trinajstić information content (AvgIpc) is 3.62. The molecular weight excluding hydrogens is 509 g/mol. The van der Waals surface area contributed by atoms with Crippen LogP contribution in [-0.2, 0) is 13.0 Å². The van der Waals surface area contributed by atoms with E-state index in [2.05, 4.69) is 9.97 Å². The lowest BCUT2D eigenvalue weighted by Gasteiger charge is -2.15. The number of rotatable bonds is 7. The fraction of sp³-hybridized carbons (Fsp3) is 0.129. The summed E-state index contributed by atoms with van der Waals surface area (Å²) in [5.41, 5.74) is 5.17. The number of benzene rings is 2. The zero-order valence-electron chi connectivity index (χ0n) is 21.8. The summed E-state index contributed by atoms with van der Waals surface area (Å²) in [6.45, 7) is 0.264. The van der Waals surface area contributed by atoms with E-state index in [0.717, 1.165) is 39.0 Å². The van der Waals surface area contributed by atoms with Gasteiger partial charge in [-0.25, -0.2) is 9.37 Å². The highest BCUT2D eigenvalue weighted by Crippen LogP contribution is 2.30. The van der Waals surface area contributed by atoms with Crippen molar-refractivity contribution in [2.24, 2.45) is 0 Å². The number of methoxy groups -OCH3 is 2. The van der Waals surface area contributed by atoms with Crippen molar-refractivity contribution < 1.29 is 13.9 Å². The molecule has 0 saturated carbocycles. The van der Waals surface area contributed by atoms with E-state index in [1.165, 1.54) is 6.07 Å². The van der Waals surface area contributed by atoms with Gasteiger partial charge < -0.3 is 23.4 Å². The summed E-state index contributed by atoms with van der Waals surface area (Å²) in [6.07, 6.45) is 7.70. The highest BCUT2D eigenvalue weighted by atomic mass is 19.1. The first-order valence-corrected chi connectivity index (χ1v) is 12.6. The Morgan fingerprint density at radius 2 is 1.95 bits per heavy atom. The zero-order valence-corrected chi connectivity index (χ0v) is 21.8. The maximum atomic E-state index is 14.0. The number of hydrogen-bond donors (Lipinski definition) is 1. The Hall–Kier alpha value is -5.36. The van der Waals surface area contributed by atoms with Gasteiger partial charge in [-0.05, 0) is 48.0 Å². The lowest BCUT2D eigenvalue weighted by atomic mass is 10.1. The van der Waals surface area contributed by atoms with E-state index < -0.39 is 5.82 Å². The topological polar surface area (TPSA) is 97.3 Å². The van der Waals surface area contributed by atoms with Crippen LogP contribution in [0, 0.1) is 17.1 Å². The van der Waals surface area contributed by atoms with E-state index in [9.17, 15) is 14.4 Å². The van der Waals surface area contributed by atoms with E-state index in [1.54, 1.807) is 49.4 Å². The van der Waals surface area contributed by atoms with Crippen LogP contribution >= 0.6 is 0 Å². The minimum Gasteiger partial charge on any atom is -0.497 e. The summed E-state index contributed by atoms with van der Waals surface area (Å²) < 4.78 is 28.4. The lowest BCUT2D eigenvalue weighted by molar-refractivity contribution is 0.390. The number of H-pyrrole nitrogens is 1. The molecule has 0 aliphatic heterocycles. The summed E-state index contributed by atoms with van der Waals surface area (Å²) in [5, 5.41) is 10.3. The molecule has 4 aromatic heterocycles. The molecule has 0 radical (unpaired) electrons. The molecule has 0 aliphatic carbocycles. The largest absolute Gasteiger partial charge is 0.497 e. The van der Waals surface area contributed by atoms with Crippen LogP contribution in [0.15, 0.2) is 84.2 Å². The van der Waals surface area contributed by atoms with Crippen molar-refractivity contribution >= 4 is 16.6 Å². The molecule has 0 bridgehead atoms. The van der Waals surface area contributed by atoms with Gasteiger partial charge in [0.05, 0.1) is 26.3 Å². The number of pyridine rings is 1. The van der Waals surface area contributed by atoms with Crippen molar-refractivity contribution in [2.75, 3.05) is 14.2 Å². The van der Waals surface area contributed by atoms with E-state index in [0.29, 0.717) is 23.4 Å². The summed E-state index contributed by atoms with van der Waals surface area (Å²) >= 11 is 0.